The first-order chi connectivity index (χ1) is 8.74. The molecule has 0 radical (unpaired) electrons. The number of nitrogens with one attached hydrogen (secondary N) is 1. The van der Waals surface area contributed by atoms with E-state index in [0.29, 0.717) is 5.82 Å². The molecular formula is C11H19N3O4S. The highest BCUT2D eigenvalue weighted by Gasteiger charge is 2.20. The highest BCUT2D eigenvalue weighted by molar-refractivity contribution is 7.89. The van der Waals surface area contributed by atoms with Gasteiger partial charge >= 0.3 is 5.97 Å². The lowest BCUT2D eigenvalue weighted by molar-refractivity contribution is -0.137. The number of hydrogen-bond donors (Lipinski definition) is 2. The van der Waals surface area contributed by atoms with Gasteiger partial charge in [0.25, 0.3) is 10.0 Å². The summed E-state index contributed by atoms with van der Waals surface area (Å²) in [6, 6.07) is 0. The molecule has 2 N–H and O–H groups in total. The fraction of sp³-hybridized carbons (Fsp3) is 0.636. The van der Waals surface area contributed by atoms with E-state index in [1.54, 1.807) is 11.6 Å². The molecule has 1 rings (SSSR count). The minimum Gasteiger partial charge on any atom is -0.481 e. The maximum absolute atomic E-state index is 11.9. The molecule has 19 heavy (non-hydrogen) atoms. The van der Waals surface area contributed by atoms with Crippen LogP contribution in [0.4, 0.5) is 0 Å². The van der Waals surface area contributed by atoms with Gasteiger partial charge in [-0.3, -0.25) is 4.79 Å². The number of rotatable bonds is 7. The summed E-state index contributed by atoms with van der Waals surface area (Å²) in [7, 11) is -1.93. The molecule has 0 bridgehead atoms. The number of hydrogen-bond acceptors (Lipinski definition) is 4. The minimum absolute atomic E-state index is 0.0333. The molecular weight excluding hydrogens is 270 g/mol. The van der Waals surface area contributed by atoms with Crippen molar-refractivity contribution in [3.8, 4) is 0 Å². The largest absolute Gasteiger partial charge is 0.481 e. The number of carboxylic acids is 1. The first kappa shape index (κ1) is 15.6. The Labute approximate surface area is 112 Å². The lowest BCUT2D eigenvalue weighted by Gasteiger charge is -2.03. The Morgan fingerprint density at radius 1 is 1.53 bits per heavy atom. The Hall–Kier alpha value is -1.41. The quantitative estimate of drug-likeness (QED) is 0.719. The maximum atomic E-state index is 11.9. The predicted octanol–water partition coefficient (Wildman–Crippen LogP) is 0.687. The standard InChI is InChI=1S/C11H19N3O4S/c1-8(2)11-13-9(7-14(11)3)19(17,18)12-6-4-5-10(15)16/h7-8,12H,4-6H2,1-3H3,(H,15,16). The normalized spacial score (nSPS) is 12.0. The second-order valence-corrected chi connectivity index (χ2v) is 6.31. The Bertz CT molecular complexity index is 548. The van der Waals surface area contributed by atoms with Crippen LogP contribution in [-0.4, -0.2) is 35.6 Å². The number of sulfonamides is 1. The average molecular weight is 289 g/mol. The summed E-state index contributed by atoms with van der Waals surface area (Å²) in [5, 5.41) is 8.43. The van der Waals surface area contributed by atoms with Gasteiger partial charge in [0.1, 0.15) is 5.82 Å². The van der Waals surface area contributed by atoms with Crippen LogP contribution in [0.2, 0.25) is 0 Å². The number of aromatic nitrogens is 2. The van der Waals surface area contributed by atoms with Crippen LogP contribution >= 0.6 is 0 Å². The lowest BCUT2D eigenvalue weighted by atomic mass is 10.2. The molecule has 0 atom stereocenters. The van der Waals surface area contributed by atoms with Gasteiger partial charge in [-0.1, -0.05) is 13.8 Å². The zero-order valence-electron chi connectivity index (χ0n) is 11.3. The molecule has 0 aliphatic heterocycles. The molecule has 7 nitrogen and oxygen atoms in total. The summed E-state index contributed by atoms with van der Waals surface area (Å²) in [5.41, 5.74) is 0. The molecule has 0 spiro atoms. The van der Waals surface area contributed by atoms with Crippen LogP contribution in [0.5, 0.6) is 0 Å². The van der Waals surface area contributed by atoms with Crippen molar-refractivity contribution >= 4 is 16.0 Å². The van der Waals surface area contributed by atoms with E-state index in [4.69, 9.17) is 5.11 Å². The molecule has 0 saturated carbocycles. The summed E-state index contributed by atoms with van der Waals surface area (Å²) >= 11 is 0. The van der Waals surface area contributed by atoms with Gasteiger partial charge in [0.15, 0.2) is 5.03 Å². The van der Waals surface area contributed by atoms with Gasteiger partial charge in [0.2, 0.25) is 0 Å². The highest BCUT2D eigenvalue weighted by atomic mass is 32.2. The van der Waals surface area contributed by atoms with E-state index in [1.165, 1.54) is 6.20 Å². The topological polar surface area (TPSA) is 101 Å². The molecule has 0 saturated heterocycles. The number of carbonyl (C=O) groups is 1. The van der Waals surface area contributed by atoms with Crippen molar-refractivity contribution in [2.24, 2.45) is 7.05 Å². The van der Waals surface area contributed by atoms with Crippen LogP contribution in [0.1, 0.15) is 38.4 Å². The van der Waals surface area contributed by atoms with Crippen LogP contribution in [0.15, 0.2) is 11.2 Å². The molecule has 0 aliphatic rings. The molecule has 1 aromatic heterocycles. The van der Waals surface area contributed by atoms with E-state index in [-0.39, 0.29) is 30.3 Å². The van der Waals surface area contributed by atoms with Crippen LogP contribution in [0.3, 0.4) is 0 Å². The molecule has 0 aliphatic carbocycles. The van der Waals surface area contributed by atoms with E-state index in [9.17, 15) is 13.2 Å². The Morgan fingerprint density at radius 3 is 2.63 bits per heavy atom. The van der Waals surface area contributed by atoms with Crippen LogP contribution < -0.4 is 4.72 Å². The number of aliphatic carboxylic acids is 1. The van der Waals surface area contributed by atoms with Gasteiger partial charge in [-0.05, 0) is 6.42 Å². The van der Waals surface area contributed by atoms with Crippen molar-refractivity contribution in [1.82, 2.24) is 14.3 Å². The van der Waals surface area contributed by atoms with E-state index in [1.807, 2.05) is 13.8 Å². The third-order valence-electron chi connectivity index (χ3n) is 2.54. The average Bonchev–Trinajstić information content (AvgIpc) is 2.67. The van der Waals surface area contributed by atoms with E-state index in [0.717, 1.165) is 0 Å². The zero-order valence-corrected chi connectivity index (χ0v) is 12.1. The monoisotopic (exact) mass is 289 g/mol. The second kappa shape index (κ2) is 6.16. The van der Waals surface area contributed by atoms with Crippen LogP contribution in [0, 0.1) is 0 Å². The number of imidazole rings is 1. The fourth-order valence-corrected chi connectivity index (χ4v) is 2.71. The molecule has 0 fully saturated rings. The van der Waals surface area contributed by atoms with Crippen LogP contribution in [-0.2, 0) is 21.9 Å². The molecule has 108 valence electrons. The van der Waals surface area contributed by atoms with Crippen LogP contribution in [0.25, 0.3) is 0 Å². The minimum atomic E-state index is -3.67. The Kier molecular flexibility index (Phi) is 5.07. The second-order valence-electron chi connectivity index (χ2n) is 4.60. The van der Waals surface area contributed by atoms with Crippen molar-refractivity contribution in [1.29, 1.82) is 0 Å². The smallest absolute Gasteiger partial charge is 0.303 e. The van der Waals surface area contributed by atoms with Gasteiger partial charge in [0.05, 0.1) is 0 Å². The molecule has 0 aromatic carbocycles. The van der Waals surface area contributed by atoms with Gasteiger partial charge < -0.3 is 9.67 Å². The van der Waals surface area contributed by atoms with Gasteiger partial charge in [-0.25, -0.2) is 18.1 Å². The Morgan fingerprint density at radius 2 is 2.16 bits per heavy atom. The van der Waals surface area contributed by atoms with Gasteiger partial charge in [-0.15, -0.1) is 0 Å². The van der Waals surface area contributed by atoms with E-state index in [2.05, 4.69) is 9.71 Å². The third kappa shape index (κ3) is 4.32. The van der Waals surface area contributed by atoms with Crippen molar-refractivity contribution in [2.75, 3.05) is 6.54 Å². The van der Waals surface area contributed by atoms with E-state index < -0.39 is 16.0 Å². The van der Waals surface area contributed by atoms with Crippen molar-refractivity contribution < 1.29 is 18.3 Å². The van der Waals surface area contributed by atoms with Crippen molar-refractivity contribution in [3.63, 3.8) is 0 Å². The van der Waals surface area contributed by atoms with Crippen molar-refractivity contribution in [2.45, 2.75) is 37.6 Å². The first-order valence-electron chi connectivity index (χ1n) is 5.98. The molecule has 0 amide bonds. The third-order valence-corrected chi connectivity index (χ3v) is 3.87. The van der Waals surface area contributed by atoms with Gasteiger partial charge in [-0.2, -0.15) is 0 Å². The first-order valence-corrected chi connectivity index (χ1v) is 7.47. The summed E-state index contributed by atoms with van der Waals surface area (Å²) < 4.78 is 27.9. The van der Waals surface area contributed by atoms with Crippen molar-refractivity contribution in [3.05, 3.63) is 12.0 Å². The fourth-order valence-electron chi connectivity index (χ4n) is 1.64. The summed E-state index contributed by atoms with van der Waals surface area (Å²) in [6.07, 6.45) is 1.63. The molecule has 1 aromatic rings. The summed E-state index contributed by atoms with van der Waals surface area (Å²) in [4.78, 5) is 14.4. The number of aryl methyl sites for hydroxylation is 1. The SMILES string of the molecule is CC(C)c1nc(S(=O)(=O)NCCCC(=O)O)cn1C. The summed E-state index contributed by atoms with van der Waals surface area (Å²) in [5.74, 6) is -0.133. The Balaban J connectivity index is 2.72. The highest BCUT2D eigenvalue weighted by Crippen LogP contribution is 2.15. The maximum Gasteiger partial charge on any atom is 0.303 e. The lowest BCUT2D eigenvalue weighted by Crippen LogP contribution is -2.25. The van der Waals surface area contributed by atoms with E-state index >= 15 is 0 Å². The zero-order chi connectivity index (χ0) is 14.6. The number of carboxylic acid groups (broad SMARTS) is 1. The molecule has 0 unspecified atom stereocenters. The summed E-state index contributed by atoms with van der Waals surface area (Å²) in [6.45, 7) is 3.94. The number of nitrogens with zero attached hydrogens (tertiary/aromatic N) is 2. The molecule has 1 heterocycles. The van der Waals surface area contributed by atoms with Gasteiger partial charge in [0, 0.05) is 32.1 Å². The predicted molar refractivity (Wildman–Crippen MR) is 69.4 cm³/mol. The molecule has 8 heteroatoms.